The van der Waals surface area contributed by atoms with Gasteiger partial charge in [0.25, 0.3) is 0 Å². The summed E-state index contributed by atoms with van der Waals surface area (Å²) in [6.07, 6.45) is 4.09. The Morgan fingerprint density at radius 1 is 1.21 bits per heavy atom. The Balaban J connectivity index is 2.88. The zero-order valence-corrected chi connectivity index (χ0v) is 10.8. The molecule has 0 bridgehead atoms. The third-order valence-corrected chi connectivity index (χ3v) is 4.94. The van der Waals surface area contributed by atoms with Crippen LogP contribution in [0, 0.1) is 17.3 Å². The SMILES string of the molecule is CCC1(C)C(C)C(C)CCC1N(C)C. The molecule has 1 aliphatic rings. The van der Waals surface area contributed by atoms with Gasteiger partial charge in [-0.2, -0.15) is 0 Å². The second-order valence-electron chi connectivity index (χ2n) is 5.68. The molecule has 0 N–H and O–H groups in total. The average molecular weight is 197 g/mol. The van der Waals surface area contributed by atoms with Gasteiger partial charge in [-0.25, -0.2) is 0 Å². The lowest BCUT2D eigenvalue weighted by Gasteiger charge is -2.51. The summed E-state index contributed by atoms with van der Waals surface area (Å²) in [6, 6.07) is 0.777. The molecule has 0 heterocycles. The summed E-state index contributed by atoms with van der Waals surface area (Å²) >= 11 is 0. The second-order valence-corrected chi connectivity index (χ2v) is 5.68. The molecule has 1 nitrogen and oxygen atoms in total. The molecule has 1 fully saturated rings. The van der Waals surface area contributed by atoms with Gasteiger partial charge in [-0.1, -0.05) is 27.7 Å². The molecule has 0 aliphatic heterocycles. The van der Waals surface area contributed by atoms with E-state index in [1.54, 1.807) is 0 Å². The van der Waals surface area contributed by atoms with Gasteiger partial charge < -0.3 is 4.90 Å². The monoisotopic (exact) mass is 197 g/mol. The third kappa shape index (κ3) is 1.84. The van der Waals surface area contributed by atoms with Crippen molar-refractivity contribution in [3.8, 4) is 0 Å². The molecular weight excluding hydrogens is 170 g/mol. The van der Waals surface area contributed by atoms with Gasteiger partial charge in [0, 0.05) is 6.04 Å². The van der Waals surface area contributed by atoms with Crippen LogP contribution in [0.5, 0.6) is 0 Å². The predicted molar refractivity (Wildman–Crippen MR) is 63.4 cm³/mol. The fourth-order valence-corrected chi connectivity index (χ4v) is 3.36. The third-order valence-electron chi connectivity index (χ3n) is 4.94. The van der Waals surface area contributed by atoms with Crippen LogP contribution in [-0.2, 0) is 0 Å². The largest absolute Gasteiger partial charge is 0.306 e. The molecule has 0 amide bonds. The van der Waals surface area contributed by atoms with E-state index in [0.29, 0.717) is 5.41 Å². The van der Waals surface area contributed by atoms with Crippen molar-refractivity contribution in [2.75, 3.05) is 14.1 Å². The zero-order chi connectivity index (χ0) is 10.9. The number of hydrogen-bond donors (Lipinski definition) is 0. The number of nitrogens with zero attached hydrogens (tertiary/aromatic N) is 1. The van der Waals surface area contributed by atoms with Crippen LogP contribution in [0.15, 0.2) is 0 Å². The Kier molecular flexibility index (Phi) is 3.63. The number of rotatable bonds is 2. The topological polar surface area (TPSA) is 3.24 Å². The first-order chi connectivity index (χ1) is 6.43. The Morgan fingerprint density at radius 3 is 2.21 bits per heavy atom. The first-order valence-corrected chi connectivity index (χ1v) is 6.10. The molecule has 0 spiro atoms. The first kappa shape index (κ1) is 12.0. The van der Waals surface area contributed by atoms with Crippen LogP contribution >= 0.6 is 0 Å². The van der Waals surface area contributed by atoms with Crippen molar-refractivity contribution in [3.05, 3.63) is 0 Å². The standard InChI is InChI=1S/C13H27N/c1-7-13(4)11(3)10(2)8-9-12(13)14(5)6/h10-12H,7-9H2,1-6H3. The average Bonchev–Trinajstić information content (AvgIpc) is 2.13. The van der Waals surface area contributed by atoms with Gasteiger partial charge >= 0.3 is 0 Å². The summed E-state index contributed by atoms with van der Waals surface area (Å²) in [6.45, 7) is 9.71. The summed E-state index contributed by atoms with van der Waals surface area (Å²) < 4.78 is 0. The van der Waals surface area contributed by atoms with Crippen molar-refractivity contribution in [2.24, 2.45) is 17.3 Å². The second kappa shape index (κ2) is 4.22. The minimum absolute atomic E-state index is 0.515. The summed E-state index contributed by atoms with van der Waals surface area (Å²) in [5.41, 5.74) is 0.515. The Labute approximate surface area is 89.9 Å². The highest BCUT2D eigenvalue weighted by atomic mass is 15.1. The van der Waals surface area contributed by atoms with Gasteiger partial charge in [-0.3, -0.25) is 0 Å². The van der Waals surface area contributed by atoms with Crippen LogP contribution in [0.1, 0.15) is 47.0 Å². The minimum Gasteiger partial charge on any atom is -0.306 e. The van der Waals surface area contributed by atoms with Crippen molar-refractivity contribution in [1.29, 1.82) is 0 Å². The molecular formula is C13H27N. The molecule has 0 radical (unpaired) electrons. The molecule has 1 rings (SSSR count). The van der Waals surface area contributed by atoms with Crippen LogP contribution in [0.3, 0.4) is 0 Å². The quantitative estimate of drug-likeness (QED) is 0.656. The number of hydrogen-bond acceptors (Lipinski definition) is 1. The van der Waals surface area contributed by atoms with E-state index >= 15 is 0 Å². The molecule has 1 saturated carbocycles. The normalized spacial score (nSPS) is 44.4. The van der Waals surface area contributed by atoms with Crippen molar-refractivity contribution in [1.82, 2.24) is 4.90 Å². The van der Waals surface area contributed by atoms with E-state index in [9.17, 15) is 0 Å². The maximum Gasteiger partial charge on any atom is 0.0146 e. The minimum atomic E-state index is 0.515. The maximum atomic E-state index is 2.48. The smallest absolute Gasteiger partial charge is 0.0146 e. The van der Waals surface area contributed by atoms with E-state index in [1.807, 2.05) is 0 Å². The fourth-order valence-electron chi connectivity index (χ4n) is 3.36. The van der Waals surface area contributed by atoms with E-state index in [0.717, 1.165) is 17.9 Å². The van der Waals surface area contributed by atoms with Gasteiger partial charge in [-0.15, -0.1) is 0 Å². The van der Waals surface area contributed by atoms with Crippen molar-refractivity contribution in [2.45, 2.75) is 53.0 Å². The van der Waals surface area contributed by atoms with Crippen LogP contribution in [0.4, 0.5) is 0 Å². The highest BCUT2D eigenvalue weighted by molar-refractivity contribution is 4.96. The van der Waals surface area contributed by atoms with Gasteiger partial charge in [0.05, 0.1) is 0 Å². The van der Waals surface area contributed by atoms with Crippen LogP contribution < -0.4 is 0 Å². The molecule has 4 atom stereocenters. The fraction of sp³-hybridized carbons (Fsp3) is 1.00. The highest BCUT2D eigenvalue weighted by Gasteiger charge is 2.44. The highest BCUT2D eigenvalue weighted by Crippen LogP contribution is 2.47. The maximum absolute atomic E-state index is 2.48. The van der Waals surface area contributed by atoms with E-state index in [-0.39, 0.29) is 0 Å². The summed E-state index contributed by atoms with van der Waals surface area (Å²) in [7, 11) is 4.47. The Bertz CT molecular complexity index is 188. The molecule has 0 aromatic heterocycles. The summed E-state index contributed by atoms with van der Waals surface area (Å²) in [5.74, 6) is 1.75. The molecule has 84 valence electrons. The Morgan fingerprint density at radius 2 is 1.79 bits per heavy atom. The lowest BCUT2D eigenvalue weighted by Crippen LogP contribution is -2.51. The van der Waals surface area contributed by atoms with Gasteiger partial charge in [0.15, 0.2) is 0 Å². The Hall–Kier alpha value is -0.0400. The lowest BCUT2D eigenvalue weighted by atomic mass is 9.59. The van der Waals surface area contributed by atoms with Gasteiger partial charge in [-0.05, 0) is 50.6 Å². The van der Waals surface area contributed by atoms with E-state index in [1.165, 1.54) is 19.3 Å². The first-order valence-electron chi connectivity index (χ1n) is 6.10. The van der Waals surface area contributed by atoms with E-state index < -0.39 is 0 Å². The van der Waals surface area contributed by atoms with E-state index in [2.05, 4.69) is 46.7 Å². The molecule has 4 unspecified atom stereocenters. The van der Waals surface area contributed by atoms with Crippen molar-refractivity contribution >= 4 is 0 Å². The van der Waals surface area contributed by atoms with Crippen LogP contribution in [-0.4, -0.2) is 25.0 Å². The van der Waals surface area contributed by atoms with Crippen molar-refractivity contribution < 1.29 is 0 Å². The zero-order valence-electron chi connectivity index (χ0n) is 10.8. The predicted octanol–water partition coefficient (Wildman–Crippen LogP) is 3.40. The summed E-state index contributed by atoms with van der Waals surface area (Å²) in [5, 5.41) is 0. The molecule has 1 aliphatic carbocycles. The molecule has 0 saturated heterocycles. The van der Waals surface area contributed by atoms with Gasteiger partial charge in [0.1, 0.15) is 0 Å². The lowest BCUT2D eigenvalue weighted by molar-refractivity contribution is -0.0112. The van der Waals surface area contributed by atoms with E-state index in [4.69, 9.17) is 0 Å². The summed E-state index contributed by atoms with van der Waals surface area (Å²) in [4.78, 5) is 2.44. The van der Waals surface area contributed by atoms with Crippen LogP contribution in [0.2, 0.25) is 0 Å². The van der Waals surface area contributed by atoms with Crippen molar-refractivity contribution in [3.63, 3.8) is 0 Å². The molecule has 0 aromatic rings. The van der Waals surface area contributed by atoms with Gasteiger partial charge in [0.2, 0.25) is 0 Å². The molecule has 1 heteroatoms. The van der Waals surface area contributed by atoms with Crippen LogP contribution in [0.25, 0.3) is 0 Å². The molecule has 0 aromatic carbocycles. The molecule has 14 heavy (non-hydrogen) atoms.